The number of rotatable bonds is 8. The normalized spacial score (nSPS) is 16.8. The van der Waals surface area contributed by atoms with Crippen molar-refractivity contribution in [2.45, 2.75) is 69.8 Å². The maximum Gasteiger partial charge on any atom is 0.430 e. The average Bonchev–Trinajstić information content (AvgIpc) is 3.46. The third-order valence-electron chi connectivity index (χ3n) is 6.20. The van der Waals surface area contributed by atoms with E-state index in [1.165, 1.54) is 18.7 Å². The van der Waals surface area contributed by atoms with Crippen LogP contribution in [0.3, 0.4) is 0 Å². The highest BCUT2D eigenvalue weighted by Gasteiger charge is 2.71. The van der Waals surface area contributed by atoms with Gasteiger partial charge in [0.05, 0.1) is 10.5 Å². The van der Waals surface area contributed by atoms with E-state index >= 15 is 0 Å². The quantitative estimate of drug-likeness (QED) is 0.365. The highest BCUT2D eigenvalue weighted by Crippen LogP contribution is 2.51. The van der Waals surface area contributed by atoms with Crippen LogP contribution in [0, 0.1) is 0 Å². The second-order valence-corrected chi connectivity index (χ2v) is 11.0. The summed E-state index contributed by atoms with van der Waals surface area (Å²) >= 11 is 0.441. The maximum atomic E-state index is 13.5. The lowest BCUT2D eigenvalue weighted by Crippen LogP contribution is -2.53. The van der Waals surface area contributed by atoms with Crippen molar-refractivity contribution in [1.82, 2.24) is 15.2 Å². The maximum absolute atomic E-state index is 13.5. The fraction of sp³-hybridized carbons (Fsp3) is 0.542. The first-order valence-corrected chi connectivity index (χ1v) is 12.8. The first-order valence-electron chi connectivity index (χ1n) is 11.9. The number of nitrogens with one attached hydrogen (secondary N) is 1. The Kier molecular flexibility index (Phi) is 8.96. The molecule has 0 radical (unpaired) electrons. The van der Waals surface area contributed by atoms with E-state index in [4.69, 9.17) is 0 Å². The molecule has 2 amide bonds. The van der Waals surface area contributed by atoms with Crippen LogP contribution in [-0.2, 0) is 5.60 Å². The number of likely N-dealkylation sites (tertiary alicyclic amines) is 1. The Morgan fingerprint density at radius 1 is 1.15 bits per heavy atom. The van der Waals surface area contributed by atoms with Crippen molar-refractivity contribution >= 4 is 23.2 Å². The standard InChI is InChI=1S/C24H25F8N3O5S/c1-11-5-4-8-35(11)19(37)15-16(41-18(34-15)17(36)33-10-21(2,3)38)13-7-6-12(9-14(13)40-20(25)26)22(39,23(27,28)29)24(30,31)32/h6-7,9,11,20,38-39H,4-5,8,10H2,1-3H3,(H,33,36). The topological polar surface area (TPSA) is 112 Å². The number of aliphatic hydroxyl groups is 2. The molecular weight excluding hydrogens is 594 g/mol. The van der Waals surface area contributed by atoms with Gasteiger partial charge in [-0.25, -0.2) is 4.98 Å². The number of thiazole rings is 1. The molecular formula is C24H25F8N3O5S. The fourth-order valence-electron chi connectivity index (χ4n) is 4.10. The number of halogens is 8. The zero-order valence-corrected chi connectivity index (χ0v) is 22.5. The molecule has 0 aliphatic carbocycles. The van der Waals surface area contributed by atoms with Crippen LogP contribution in [0.1, 0.15) is 59.5 Å². The van der Waals surface area contributed by atoms with Crippen molar-refractivity contribution in [3.63, 3.8) is 0 Å². The van der Waals surface area contributed by atoms with Crippen LogP contribution in [0.15, 0.2) is 18.2 Å². The Morgan fingerprint density at radius 2 is 1.76 bits per heavy atom. The van der Waals surface area contributed by atoms with E-state index in [-0.39, 0.29) is 36.1 Å². The van der Waals surface area contributed by atoms with Gasteiger partial charge in [-0.15, -0.1) is 11.3 Å². The lowest BCUT2D eigenvalue weighted by atomic mass is 9.90. The molecule has 1 atom stereocenters. The summed E-state index contributed by atoms with van der Waals surface area (Å²) in [5.74, 6) is -2.90. The second-order valence-electron chi connectivity index (χ2n) is 9.98. The van der Waals surface area contributed by atoms with Crippen molar-refractivity contribution in [3.8, 4) is 16.2 Å². The smallest absolute Gasteiger partial charge is 0.430 e. The Morgan fingerprint density at radius 3 is 2.24 bits per heavy atom. The minimum atomic E-state index is -6.31. The summed E-state index contributed by atoms with van der Waals surface area (Å²) in [5, 5.41) is 21.6. The van der Waals surface area contributed by atoms with Crippen LogP contribution in [0.25, 0.3) is 10.4 Å². The first-order chi connectivity index (χ1) is 18.7. The van der Waals surface area contributed by atoms with Crippen molar-refractivity contribution in [3.05, 3.63) is 34.5 Å². The Bertz CT molecular complexity index is 1280. The number of ether oxygens (including phenoxy) is 1. The number of alkyl halides is 8. The molecule has 0 saturated carbocycles. The van der Waals surface area contributed by atoms with Crippen LogP contribution in [-0.4, -0.2) is 75.6 Å². The van der Waals surface area contributed by atoms with E-state index < -0.39 is 69.6 Å². The molecule has 1 aliphatic heterocycles. The molecule has 1 aromatic carbocycles. The van der Waals surface area contributed by atoms with Crippen LogP contribution >= 0.6 is 11.3 Å². The summed E-state index contributed by atoms with van der Waals surface area (Å²) in [6.45, 7) is 0.721. The molecule has 2 heterocycles. The molecule has 3 N–H and O–H groups in total. The molecule has 3 rings (SSSR count). The minimum absolute atomic E-state index is 0.0526. The third kappa shape index (κ3) is 6.72. The molecule has 1 saturated heterocycles. The molecule has 41 heavy (non-hydrogen) atoms. The number of aromatic nitrogens is 1. The molecule has 1 aromatic heterocycles. The zero-order valence-electron chi connectivity index (χ0n) is 21.7. The molecule has 17 heteroatoms. The van der Waals surface area contributed by atoms with Crippen LogP contribution in [0.2, 0.25) is 0 Å². The Labute approximate surface area is 231 Å². The van der Waals surface area contributed by atoms with Crippen LogP contribution in [0.5, 0.6) is 5.75 Å². The Balaban J connectivity index is 2.23. The van der Waals surface area contributed by atoms with E-state index in [0.29, 0.717) is 30.2 Å². The molecule has 1 fully saturated rings. The average molecular weight is 620 g/mol. The van der Waals surface area contributed by atoms with Gasteiger partial charge >= 0.3 is 19.0 Å². The highest BCUT2D eigenvalue weighted by molar-refractivity contribution is 7.17. The SMILES string of the molecule is CC1CCCN1C(=O)c1nc(C(=O)NCC(C)(C)O)sc1-c1ccc(C(O)(C(F)(F)F)C(F)(F)F)cc1OC(F)F. The van der Waals surface area contributed by atoms with Crippen molar-refractivity contribution < 1.29 is 59.7 Å². The summed E-state index contributed by atoms with van der Waals surface area (Å²) in [4.78, 5) is 31.2. The van der Waals surface area contributed by atoms with Gasteiger partial charge in [0.15, 0.2) is 5.01 Å². The van der Waals surface area contributed by atoms with Crippen molar-refractivity contribution in [2.75, 3.05) is 13.1 Å². The Hall–Kier alpha value is -3.05. The lowest BCUT2D eigenvalue weighted by Gasteiger charge is -2.33. The van der Waals surface area contributed by atoms with Gasteiger partial charge in [-0.1, -0.05) is 6.07 Å². The summed E-state index contributed by atoms with van der Waals surface area (Å²) < 4.78 is 112. The van der Waals surface area contributed by atoms with Gasteiger partial charge in [0, 0.05) is 30.3 Å². The van der Waals surface area contributed by atoms with E-state index in [1.807, 2.05) is 0 Å². The number of amides is 2. The number of benzene rings is 1. The van der Waals surface area contributed by atoms with Crippen molar-refractivity contribution in [2.24, 2.45) is 0 Å². The molecule has 0 bridgehead atoms. The summed E-state index contributed by atoms with van der Waals surface area (Å²) in [6, 6.07) is 0.390. The van der Waals surface area contributed by atoms with E-state index in [2.05, 4.69) is 15.0 Å². The number of hydrogen-bond acceptors (Lipinski definition) is 7. The van der Waals surface area contributed by atoms with Crippen LogP contribution < -0.4 is 10.1 Å². The largest absolute Gasteiger partial charge is 0.434 e. The molecule has 2 aromatic rings. The minimum Gasteiger partial charge on any atom is -0.434 e. The fourth-order valence-corrected chi connectivity index (χ4v) is 5.11. The zero-order chi connectivity index (χ0) is 31.1. The van der Waals surface area contributed by atoms with Gasteiger partial charge in [0.1, 0.15) is 11.4 Å². The third-order valence-corrected chi connectivity index (χ3v) is 7.29. The van der Waals surface area contributed by atoms with Gasteiger partial charge < -0.3 is 25.2 Å². The van der Waals surface area contributed by atoms with Crippen LogP contribution in [0.4, 0.5) is 35.1 Å². The molecule has 1 aliphatic rings. The number of carbonyl (C=O) groups excluding carboxylic acids is 2. The van der Waals surface area contributed by atoms with Gasteiger partial charge in [-0.05, 0) is 45.7 Å². The highest BCUT2D eigenvalue weighted by atomic mass is 32.1. The first kappa shape index (κ1) is 32.5. The molecule has 1 unspecified atom stereocenters. The predicted octanol–water partition coefficient (Wildman–Crippen LogP) is 4.85. The van der Waals surface area contributed by atoms with Gasteiger partial charge in [-0.2, -0.15) is 35.1 Å². The molecule has 228 valence electrons. The number of nitrogens with zero attached hydrogens (tertiary/aromatic N) is 2. The second kappa shape index (κ2) is 11.3. The predicted molar refractivity (Wildman–Crippen MR) is 129 cm³/mol. The van der Waals surface area contributed by atoms with Gasteiger partial charge in [0.25, 0.3) is 17.4 Å². The van der Waals surface area contributed by atoms with Crippen molar-refractivity contribution in [1.29, 1.82) is 0 Å². The van der Waals surface area contributed by atoms with Gasteiger partial charge in [-0.3, -0.25) is 9.59 Å². The summed E-state index contributed by atoms with van der Waals surface area (Å²) in [7, 11) is 0. The van der Waals surface area contributed by atoms with Gasteiger partial charge in [0.2, 0.25) is 0 Å². The summed E-state index contributed by atoms with van der Waals surface area (Å²) in [6.07, 6.45) is -11.4. The molecule has 8 nitrogen and oxygen atoms in total. The van der Waals surface area contributed by atoms with E-state index in [0.717, 1.165) is 0 Å². The monoisotopic (exact) mass is 619 g/mol. The number of carbonyl (C=O) groups is 2. The van der Waals surface area contributed by atoms with E-state index in [9.17, 15) is 54.9 Å². The van der Waals surface area contributed by atoms with E-state index in [1.54, 1.807) is 6.92 Å². The lowest BCUT2D eigenvalue weighted by molar-refractivity contribution is -0.376. The number of hydrogen-bond donors (Lipinski definition) is 3. The summed E-state index contributed by atoms with van der Waals surface area (Å²) in [5.41, 5.74) is -9.73. The molecule has 0 spiro atoms.